The van der Waals surface area contributed by atoms with Gasteiger partial charge in [-0.05, 0) is 25.1 Å². The van der Waals surface area contributed by atoms with Gasteiger partial charge in [0.15, 0.2) is 5.82 Å². The van der Waals surface area contributed by atoms with Crippen LogP contribution in [0.5, 0.6) is 11.5 Å². The summed E-state index contributed by atoms with van der Waals surface area (Å²) in [6.07, 6.45) is 5.62. The first-order chi connectivity index (χ1) is 12.3. The Morgan fingerprint density at radius 3 is 2.84 bits per heavy atom. The lowest BCUT2D eigenvalue weighted by molar-refractivity contribution is 0.312. The lowest BCUT2D eigenvalue weighted by atomic mass is 10.1. The normalized spacial score (nSPS) is 10.5. The highest BCUT2D eigenvalue weighted by atomic mass is 16.5. The van der Waals surface area contributed by atoms with Gasteiger partial charge in [-0.15, -0.1) is 0 Å². The van der Waals surface area contributed by atoms with Crippen molar-refractivity contribution in [2.45, 2.75) is 6.42 Å². The average Bonchev–Trinajstić information content (AvgIpc) is 3.10. The highest BCUT2D eigenvalue weighted by Gasteiger charge is 2.15. The van der Waals surface area contributed by atoms with Crippen LogP contribution in [0.4, 0.5) is 11.6 Å². The second-order valence-corrected chi connectivity index (χ2v) is 5.21. The van der Waals surface area contributed by atoms with E-state index in [4.69, 9.17) is 15.2 Å². The number of methoxy groups -OCH3 is 1. The zero-order valence-electron chi connectivity index (χ0n) is 13.9. The Morgan fingerprint density at radius 1 is 1.20 bits per heavy atom. The van der Waals surface area contributed by atoms with Crippen molar-refractivity contribution >= 4 is 11.6 Å². The van der Waals surface area contributed by atoms with Gasteiger partial charge in [0.2, 0.25) is 0 Å². The quantitative estimate of drug-likeness (QED) is 0.540. The Labute approximate surface area is 145 Å². The van der Waals surface area contributed by atoms with Crippen molar-refractivity contribution in [3.05, 3.63) is 42.9 Å². The van der Waals surface area contributed by atoms with Gasteiger partial charge >= 0.3 is 0 Å². The van der Waals surface area contributed by atoms with Gasteiger partial charge in [-0.3, -0.25) is 10.1 Å². The highest BCUT2D eigenvalue weighted by molar-refractivity contribution is 5.76. The largest absolute Gasteiger partial charge is 0.496 e. The van der Waals surface area contributed by atoms with Crippen LogP contribution in [0.1, 0.15) is 6.42 Å². The molecule has 3 rings (SSSR count). The lowest BCUT2D eigenvalue weighted by Gasteiger charge is -2.13. The molecular formula is C17H20N6O2. The molecule has 0 saturated heterocycles. The molecule has 4 N–H and O–H groups in total. The molecule has 3 aromatic rings. The molecule has 0 fully saturated rings. The minimum absolute atomic E-state index is 0.537. The number of H-pyrrole nitrogens is 1. The van der Waals surface area contributed by atoms with Crippen molar-refractivity contribution < 1.29 is 9.47 Å². The summed E-state index contributed by atoms with van der Waals surface area (Å²) in [6.45, 7) is 1.12. The standard InChI is InChI=1S/C17H20N6O2/c1-24-13-4-2-5-14(25-9-3-6-18)17(13)12-10-15(23-22-12)21-16-11-19-7-8-20-16/h2,4-5,7-8,10-11H,3,6,9,18H2,1H3,(H2,20,21,22,23). The van der Waals surface area contributed by atoms with E-state index in [1.54, 1.807) is 25.7 Å². The predicted molar refractivity (Wildman–Crippen MR) is 95.1 cm³/mol. The fraction of sp³-hybridized carbons (Fsp3) is 0.235. The first-order valence-corrected chi connectivity index (χ1v) is 7.90. The summed E-state index contributed by atoms with van der Waals surface area (Å²) < 4.78 is 11.3. The molecule has 25 heavy (non-hydrogen) atoms. The number of hydrogen-bond acceptors (Lipinski definition) is 7. The number of nitrogens with one attached hydrogen (secondary N) is 2. The number of nitrogens with zero attached hydrogens (tertiary/aromatic N) is 3. The zero-order chi connectivity index (χ0) is 17.5. The van der Waals surface area contributed by atoms with E-state index in [9.17, 15) is 0 Å². The fourth-order valence-electron chi connectivity index (χ4n) is 2.34. The van der Waals surface area contributed by atoms with Crippen LogP contribution in [-0.4, -0.2) is 40.4 Å². The molecule has 0 bridgehead atoms. The maximum atomic E-state index is 5.85. The average molecular weight is 340 g/mol. The zero-order valence-corrected chi connectivity index (χ0v) is 13.9. The highest BCUT2D eigenvalue weighted by Crippen LogP contribution is 2.38. The summed E-state index contributed by atoms with van der Waals surface area (Å²) >= 11 is 0. The van der Waals surface area contributed by atoms with Gasteiger partial charge in [-0.2, -0.15) is 5.10 Å². The summed E-state index contributed by atoms with van der Waals surface area (Å²) in [5.74, 6) is 2.64. The number of anilines is 2. The summed E-state index contributed by atoms with van der Waals surface area (Å²) in [5, 5.41) is 10.4. The van der Waals surface area contributed by atoms with Crippen molar-refractivity contribution in [1.82, 2.24) is 20.2 Å². The fourth-order valence-corrected chi connectivity index (χ4v) is 2.34. The van der Waals surface area contributed by atoms with Crippen molar-refractivity contribution in [2.75, 3.05) is 25.6 Å². The third-order valence-electron chi connectivity index (χ3n) is 3.48. The van der Waals surface area contributed by atoms with Gasteiger partial charge in [0.1, 0.15) is 17.3 Å². The number of nitrogens with two attached hydrogens (primary N) is 1. The van der Waals surface area contributed by atoms with Gasteiger partial charge in [-0.1, -0.05) is 6.07 Å². The van der Waals surface area contributed by atoms with Crippen molar-refractivity contribution in [1.29, 1.82) is 0 Å². The predicted octanol–water partition coefficient (Wildman–Crippen LogP) is 2.35. The molecule has 0 aliphatic carbocycles. The van der Waals surface area contributed by atoms with Crippen LogP contribution >= 0.6 is 0 Å². The van der Waals surface area contributed by atoms with Crippen molar-refractivity contribution in [2.24, 2.45) is 5.73 Å². The van der Waals surface area contributed by atoms with Crippen molar-refractivity contribution in [3.63, 3.8) is 0 Å². The van der Waals surface area contributed by atoms with Crippen LogP contribution in [0.25, 0.3) is 11.3 Å². The third-order valence-corrected chi connectivity index (χ3v) is 3.48. The minimum atomic E-state index is 0.537. The second-order valence-electron chi connectivity index (χ2n) is 5.21. The molecule has 0 spiro atoms. The minimum Gasteiger partial charge on any atom is -0.496 e. The lowest BCUT2D eigenvalue weighted by Crippen LogP contribution is -2.07. The monoisotopic (exact) mass is 340 g/mol. The van der Waals surface area contributed by atoms with E-state index in [0.29, 0.717) is 36.3 Å². The summed E-state index contributed by atoms with van der Waals surface area (Å²) in [7, 11) is 1.62. The molecule has 130 valence electrons. The molecule has 0 aliphatic heterocycles. The maximum absolute atomic E-state index is 5.85. The van der Waals surface area contributed by atoms with E-state index < -0.39 is 0 Å². The van der Waals surface area contributed by atoms with E-state index in [1.165, 1.54) is 0 Å². The molecular weight excluding hydrogens is 320 g/mol. The summed E-state index contributed by atoms with van der Waals surface area (Å²) in [4.78, 5) is 8.18. The van der Waals surface area contributed by atoms with Gasteiger partial charge in [0.25, 0.3) is 0 Å². The van der Waals surface area contributed by atoms with Crippen LogP contribution in [0.15, 0.2) is 42.9 Å². The topological polar surface area (TPSA) is 111 Å². The van der Waals surface area contributed by atoms with Crippen molar-refractivity contribution in [3.8, 4) is 22.8 Å². The molecule has 0 unspecified atom stereocenters. The van der Waals surface area contributed by atoms with Crippen LogP contribution < -0.4 is 20.5 Å². The molecule has 2 aromatic heterocycles. The summed E-state index contributed by atoms with van der Waals surface area (Å²) in [5.41, 5.74) is 7.11. The van der Waals surface area contributed by atoms with E-state index in [2.05, 4.69) is 25.5 Å². The number of rotatable bonds is 8. The van der Waals surface area contributed by atoms with Crippen LogP contribution in [-0.2, 0) is 0 Å². The Kier molecular flexibility index (Phi) is 5.43. The maximum Gasteiger partial charge on any atom is 0.153 e. The Balaban J connectivity index is 1.87. The molecule has 0 amide bonds. The van der Waals surface area contributed by atoms with Gasteiger partial charge in [-0.25, -0.2) is 4.98 Å². The number of aromatic nitrogens is 4. The number of hydrogen-bond donors (Lipinski definition) is 3. The molecule has 8 nitrogen and oxygen atoms in total. The Bertz CT molecular complexity index is 806. The third kappa shape index (κ3) is 4.04. The first-order valence-electron chi connectivity index (χ1n) is 7.90. The van der Waals surface area contributed by atoms with E-state index in [1.807, 2.05) is 24.3 Å². The molecule has 0 saturated carbocycles. The van der Waals surface area contributed by atoms with Crippen LogP contribution in [0.2, 0.25) is 0 Å². The van der Waals surface area contributed by atoms with E-state index in [0.717, 1.165) is 17.7 Å². The van der Waals surface area contributed by atoms with Gasteiger partial charge in [0, 0.05) is 18.5 Å². The van der Waals surface area contributed by atoms with Gasteiger partial charge in [0.05, 0.1) is 31.2 Å². The molecule has 0 aliphatic rings. The SMILES string of the molecule is COc1cccc(OCCCN)c1-c1cc(Nc2cnccn2)n[nH]1. The molecule has 2 heterocycles. The van der Waals surface area contributed by atoms with Crippen LogP contribution in [0.3, 0.4) is 0 Å². The van der Waals surface area contributed by atoms with E-state index in [-0.39, 0.29) is 0 Å². The van der Waals surface area contributed by atoms with Crippen LogP contribution in [0, 0.1) is 0 Å². The number of benzene rings is 1. The number of ether oxygens (including phenoxy) is 2. The van der Waals surface area contributed by atoms with E-state index >= 15 is 0 Å². The molecule has 1 aromatic carbocycles. The molecule has 0 radical (unpaired) electrons. The summed E-state index contributed by atoms with van der Waals surface area (Å²) in [6, 6.07) is 7.52. The Hall–Kier alpha value is -3.13. The van der Waals surface area contributed by atoms with Gasteiger partial charge < -0.3 is 20.5 Å². The smallest absolute Gasteiger partial charge is 0.153 e. The number of aromatic amines is 1. The first kappa shape index (κ1) is 16.7. The molecule has 0 atom stereocenters. The molecule has 8 heteroatoms. The second kappa shape index (κ2) is 8.11. The Morgan fingerprint density at radius 2 is 2.08 bits per heavy atom.